The van der Waals surface area contributed by atoms with Gasteiger partial charge in [-0.05, 0) is 64.2 Å². The van der Waals surface area contributed by atoms with Crippen LogP contribution in [0.2, 0.25) is 0 Å². The molecular formula is C23H25FN4O. The quantitative estimate of drug-likeness (QED) is 0.602. The molecule has 2 aromatic heterocycles. The maximum atomic E-state index is 14.1. The van der Waals surface area contributed by atoms with E-state index >= 15 is 0 Å². The molecule has 29 heavy (non-hydrogen) atoms. The number of ether oxygens (including phenoxy) is 1. The largest absolute Gasteiger partial charge is 0.375 e. The van der Waals surface area contributed by atoms with Gasteiger partial charge in [-0.25, -0.2) is 9.37 Å². The van der Waals surface area contributed by atoms with Crippen LogP contribution in [-0.4, -0.2) is 32.9 Å². The molecule has 3 aromatic rings. The minimum Gasteiger partial charge on any atom is -0.375 e. The highest BCUT2D eigenvalue weighted by atomic mass is 19.1. The molecule has 2 fully saturated rings. The summed E-state index contributed by atoms with van der Waals surface area (Å²) in [6.45, 7) is 4.94. The molecule has 1 saturated heterocycles. The first-order valence-corrected chi connectivity index (χ1v) is 10.4. The topological polar surface area (TPSA) is 63.7 Å². The third-order valence-electron chi connectivity index (χ3n) is 6.44. The molecule has 0 spiro atoms. The molecule has 1 saturated carbocycles. The van der Waals surface area contributed by atoms with Crippen LogP contribution in [0.1, 0.15) is 69.3 Å². The van der Waals surface area contributed by atoms with Gasteiger partial charge in [-0.3, -0.25) is 4.98 Å². The van der Waals surface area contributed by atoms with E-state index in [1.54, 1.807) is 6.07 Å². The Kier molecular flexibility index (Phi) is 4.32. The fraction of sp³-hybridized carbons (Fsp3) is 0.522. The van der Waals surface area contributed by atoms with E-state index in [0.29, 0.717) is 25.0 Å². The molecule has 5 rings (SSSR count). The summed E-state index contributed by atoms with van der Waals surface area (Å²) >= 11 is 0. The third-order valence-corrected chi connectivity index (χ3v) is 6.44. The Morgan fingerprint density at radius 1 is 1.24 bits per heavy atom. The number of benzene rings is 1. The van der Waals surface area contributed by atoms with Crippen LogP contribution < -0.4 is 0 Å². The summed E-state index contributed by atoms with van der Waals surface area (Å²) in [5, 5.41) is 10.4. The molecule has 3 atom stereocenters. The predicted molar refractivity (Wildman–Crippen MR) is 110 cm³/mol. The van der Waals surface area contributed by atoms with Crippen LogP contribution in [0, 0.1) is 11.3 Å². The van der Waals surface area contributed by atoms with Gasteiger partial charge in [0.05, 0.1) is 34.5 Å². The zero-order valence-electron chi connectivity index (χ0n) is 16.9. The van der Waals surface area contributed by atoms with Gasteiger partial charge < -0.3 is 9.30 Å². The van der Waals surface area contributed by atoms with Crippen molar-refractivity contribution >= 4 is 21.9 Å². The first-order valence-electron chi connectivity index (χ1n) is 10.4. The molecule has 3 heterocycles. The minimum absolute atomic E-state index is 0.123. The van der Waals surface area contributed by atoms with E-state index in [2.05, 4.69) is 29.5 Å². The van der Waals surface area contributed by atoms with Gasteiger partial charge in [0.2, 0.25) is 0 Å². The number of halogens is 1. The van der Waals surface area contributed by atoms with Gasteiger partial charge >= 0.3 is 0 Å². The van der Waals surface area contributed by atoms with Gasteiger partial charge in [0, 0.05) is 24.0 Å². The van der Waals surface area contributed by atoms with Crippen LogP contribution in [0.3, 0.4) is 0 Å². The summed E-state index contributed by atoms with van der Waals surface area (Å²) in [6.07, 6.45) is 4.80. The molecule has 0 bridgehead atoms. The highest BCUT2D eigenvalue weighted by Crippen LogP contribution is 2.42. The number of nitrogens with zero attached hydrogens (tertiary/aromatic N) is 4. The highest BCUT2D eigenvalue weighted by Gasteiger charge is 2.36. The van der Waals surface area contributed by atoms with Crippen molar-refractivity contribution < 1.29 is 9.13 Å². The number of aromatic nitrogens is 3. The summed E-state index contributed by atoms with van der Waals surface area (Å²) in [6, 6.07) is 8.06. The summed E-state index contributed by atoms with van der Waals surface area (Å²) in [5.74, 6) is 1.09. The fourth-order valence-corrected chi connectivity index (χ4v) is 5.10. The van der Waals surface area contributed by atoms with Crippen LogP contribution >= 0.6 is 0 Å². The van der Waals surface area contributed by atoms with Crippen LogP contribution in [0.25, 0.3) is 21.9 Å². The summed E-state index contributed by atoms with van der Waals surface area (Å²) in [7, 11) is 0. The van der Waals surface area contributed by atoms with Gasteiger partial charge in [0.25, 0.3) is 0 Å². The molecule has 1 aliphatic heterocycles. The molecule has 1 aromatic carbocycles. The van der Waals surface area contributed by atoms with Crippen molar-refractivity contribution in [3.05, 3.63) is 35.8 Å². The number of hydrogen-bond acceptors (Lipinski definition) is 4. The van der Waals surface area contributed by atoms with E-state index in [1.165, 1.54) is 0 Å². The molecule has 2 aliphatic rings. The maximum absolute atomic E-state index is 14.1. The minimum atomic E-state index is -0.751. The van der Waals surface area contributed by atoms with Crippen molar-refractivity contribution in [1.82, 2.24) is 14.5 Å². The monoisotopic (exact) mass is 392 g/mol. The molecule has 0 unspecified atom stereocenters. The van der Waals surface area contributed by atoms with Gasteiger partial charge in [-0.2, -0.15) is 5.26 Å². The average molecular weight is 392 g/mol. The predicted octanol–water partition coefficient (Wildman–Crippen LogP) is 5.19. The van der Waals surface area contributed by atoms with Crippen LogP contribution in [0.15, 0.2) is 24.4 Å². The normalized spacial score (nSPS) is 26.8. The SMILES string of the molecule is CC1(C)C[C@H](n2c([C@@H]3CC[C@H](F)C3)nc3cnc4ccc(C#N)cc4c32)CCO1. The maximum Gasteiger partial charge on any atom is 0.113 e. The van der Waals surface area contributed by atoms with Crippen molar-refractivity contribution in [1.29, 1.82) is 5.26 Å². The molecule has 150 valence electrons. The number of hydrogen-bond donors (Lipinski definition) is 0. The highest BCUT2D eigenvalue weighted by molar-refractivity contribution is 6.03. The Morgan fingerprint density at radius 3 is 2.83 bits per heavy atom. The second-order valence-electron chi connectivity index (χ2n) is 9.04. The lowest BCUT2D eigenvalue weighted by Crippen LogP contribution is -2.35. The molecule has 5 nitrogen and oxygen atoms in total. The number of imidazole rings is 1. The van der Waals surface area contributed by atoms with E-state index in [9.17, 15) is 9.65 Å². The van der Waals surface area contributed by atoms with Gasteiger partial charge in [-0.15, -0.1) is 0 Å². The smallest absolute Gasteiger partial charge is 0.113 e. The molecule has 1 aliphatic carbocycles. The van der Waals surface area contributed by atoms with Crippen molar-refractivity contribution in [2.75, 3.05) is 6.61 Å². The molecule has 6 heteroatoms. The third kappa shape index (κ3) is 3.18. The summed E-state index contributed by atoms with van der Waals surface area (Å²) in [4.78, 5) is 9.54. The molecule has 0 N–H and O–H groups in total. The first kappa shape index (κ1) is 18.5. The summed E-state index contributed by atoms with van der Waals surface area (Å²) < 4.78 is 22.4. The zero-order chi connectivity index (χ0) is 20.2. The van der Waals surface area contributed by atoms with E-state index in [0.717, 1.165) is 47.0 Å². The van der Waals surface area contributed by atoms with E-state index in [4.69, 9.17) is 9.72 Å². The Labute approximate surface area is 169 Å². The van der Waals surface area contributed by atoms with Crippen molar-refractivity contribution in [2.45, 2.75) is 69.7 Å². The molecule has 0 amide bonds. The lowest BCUT2D eigenvalue weighted by molar-refractivity contribution is -0.0689. The zero-order valence-corrected chi connectivity index (χ0v) is 16.9. The van der Waals surface area contributed by atoms with Crippen LogP contribution in [0.5, 0.6) is 0 Å². The van der Waals surface area contributed by atoms with Crippen LogP contribution in [-0.2, 0) is 4.74 Å². The Morgan fingerprint density at radius 2 is 2.10 bits per heavy atom. The van der Waals surface area contributed by atoms with E-state index in [-0.39, 0.29) is 17.6 Å². The van der Waals surface area contributed by atoms with Crippen molar-refractivity contribution in [3.63, 3.8) is 0 Å². The fourth-order valence-electron chi connectivity index (χ4n) is 5.10. The Balaban J connectivity index is 1.77. The number of pyridine rings is 1. The van der Waals surface area contributed by atoms with Gasteiger partial charge in [0.1, 0.15) is 17.5 Å². The number of fused-ring (bicyclic) bond motifs is 3. The standard InChI is InChI=1S/C23H25FN4O/c1-23(2)11-17(7-8-29-23)28-21-18-9-14(12-25)3-6-19(18)26-13-20(21)27-22(28)15-4-5-16(24)10-15/h3,6,9,13,15-17H,4-5,7-8,10-11H2,1-2H3/t15-,16+,17-/m1/s1. The molecule has 0 radical (unpaired) electrons. The lowest BCUT2D eigenvalue weighted by atomic mass is 9.93. The number of nitriles is 1. The van der Waals surface area contributed by atoms with Gasteiger partial charge in [0.15, 0.2) is 0 Å². The number of alkyl halides is 1. The lowest BCUT2D eigenvalue weighted by Gasteiger charge is -2.37. The second-order valence-corrected chi connectivity index (χ2v) is 9.04. The van der Waals surface area contributed by atoms with Crippen molar-refractivity contribution in [3.8, 4) is 6.07 Å². The average Bonchev–Trinajstić information content (AvgIpc) is 3.30. The molecular weight excluding hydrogens is 367 g/mol. The van der Waals surface area contributed by atoms with Crippen LogP contribution in [0.4, 0.5) is 4.39 Å². The van der Waals surface area contributed by atoms with E-state index < -0.39 is 6.17 Å². The summed E-state index contributed by atoms with van der Waals surface area (Å²) in [5.41, 5.74) is 3.10. The Bertz CT molecular complexity index is 1130. The van der Waals surface area contributed by atoms with Crippen molar-refractivity contribution in [2.24, 2.45) is 0 Å². The van der Waals surface area contributed by atoms with Gasteiger partial charge in [-0.1, -0.05) is 0 Å². The van der Waals surface area contributed by atoms with E-state index in [1.807, 2.05) is 18.3 Å². The second kappa shape index (κ2) is 6.77. The number of rotatable bonds is 2. The first-order chi connectivity index (χ1) is 13.9. The Hall–Kier alpha value is -2.52.